The van der Waals surface area contributed by atoms with Gasteiger partial charge in [0, 0.05) is 26.6 Å². The maximum atomic E-state index is 11.6. The average Bonchev–Trinajstić information content (AvgIpc) is 3.44. The quantitative estimate of drug-likeness (QED) is 0.412. The van der Waals surface area contributed by atoms with Crippen LogP contribution in [-0.4, -0.2) is 85.3 Å². The Labute approximate surface area is 221 Å². The van der Waals surface area contributed by atoms with Crippen molar-refractivity contribution in [1.82, 2.24) is 34.0 Å². The molecule has 1 aromatic carbocycles. The van der Waals surface area contributed by atoms with Crippen LogP contribution in [0.15, 0.2) is 24.3 Å². The third kappa shape index (κ3) is 4.39. The van der Waals surface area contributed by atoms with E-state index in [0.717, 1.165) is 85.1 Å². The molecule has 200 valence electrons. The molecule has 2 N–H and O–H groups in total. The number of benzene rings is 1. The number of likely N-dealkylation sites (tertiary alicyclic amines) is 1. The first-order valence-corrected chi connectivity index (χ1v) is 13.4. The van der Waals surface area contributed by atoms with Crippen LogP contribution in [0.3, 0.4) is 0 Å². The van der Waals surface area contributed by atoms with Crippen LogP contribution in [0.5, 0.6) is 0 Å². The summed E-state index contributed by atoms with van der Waals surface area (Å²) < 4.78 is 9.77. The van der Waals surface area contributed by atoms with Gasteiger partial charge in [0.05, 0.1) is 30.3 Å². The van der Waals surface area contributed by atoms with Crippen molar-refractivity contribution in [2.45, 2.75) is 39.2 Å². The molecule has 1 atom stereocenters. The Kier molecular flexibility index (Phi) is 6.48. The van der Waals surface area contributed by atoms with Crippen molar-refractivity contribution in [2.24, 2.45) is 18.7 Å². The monoisotopic (exact) mass is 517 g/mol. The number of fused-ring (bicyclic) bond motifs is 2. The molecule has 0 radical (unpaired) electrons. The van der Waals surface area contributed by atoms with E-state index in [9.17, 15) is 4.79 Å². The summed E-state index contributed by atoms with van der Waals surface area (Å²) in [6.07, 6.45) is 2.87. The van der Waals surface area contributed by atoms with Crippen molar-refractivity contribution in [3.63, 3.8) is 0 Å². The SMILES string of the molecule is Cc1nc2ccccc2n1-c1nc(N2CCOCC2)c2nc(CC3CCN([C@H](C)C(N)=O)CC3)n(C)c2n1. The van der Waals surface area contributed by atoms with Gasteiger partial charge in [0.2, 0.25) is 11.9 Å². The Morgan fingerprint density at radius 2 is 1.82 bits per heavy atom. The van der Waals surface area contributed by atoms with Crippen LogP contribution in [0.4, 0.5) is 5.82 Å². The molecule has 11 heteroatoms. The Balaban J connectivity index is 1.38. The van der Waals surface area contributed by atoms with E-state index >= 15 is 0 Å². The van der Waals surface area contributed by atoms with Gasteiger partial charge in [-0.05, 0) is 57.8 Å². The fraction of sp³-hybridized carbons (Fsp3) is 0.519. The van der Waals surface area contributed by atoms with E-state index in [2.05, 4.69) is 20.4 Å². The Bertz CT molecular complexity index is 1480. The largest absolute Gasteiger partial charge is 0.378 e. The predicted molar refractivity (Wildman–Crippen MR) is 145 cm³/mol. The summed E-state index contributed by atoms with van der Waals surface area (Å²) in [5.74, 6) is 3.53. The van der Waals surface area contributed by atoms with E-state index in [4.69, 9.17) is 30.4 Å². The number of ether oxygens (including phenoxy) is 1. The number of rotatable bonds is 6. The molecule has 0 unspecified atom stereocenters. The van der Waals surface area contributed by atoms with E-state index in [1.165, 1.54) is 0 Å². The zero-order chi connectivity index (χ0) is 26.4. The minimum absolute atomic E-state index is 0.223. The van der Waals surface area contributed by atoms with Gasteiger partial charge in [-0.2, -0.15) is 9.97 Å². The van der Waals surface area contributed by atoms with Gasteiger partial charge in [0.15, 0.2) is 17.0 Å². The third-order valence-electron chi connectivity index (χ3n) is 8.10. The van der Waals surface area contributed by atoms with Gasteiger partial charge in [0.1, 0.15) is 11.6 Å². The van der Waals surface area contributed by atoms with Crippen molar-refractivity contribution in [1.29, 1.82) is 0 Å². The molecular formula is C27H35N9O2. The van der Waals surface area contributed by atoms with Gasteiger partial charge in [-0.1, -0.05) is 12.1 Å². The van der Waals surface area contributed by atoms with Crippen molar-refractivity contribution in [3.8, 4) is 5.95 Å². The molecule has 2 aliphatic rings. The number of nitrogens with zero attached hydrogens (tertiary/aromatic N) is 8. The minimum Gasteiger partial charge on any atom is -0.378 e. The molecule has 1 amide bonds. The fourth-order valence-electron chi connectivity index (χ4n) is 5.74. The van der Waals surface area contributed by atoms with Gasteiger partial charge in [0.25, 0.3) is 0 Å². The van der Waals surface area contributed by atoms with Gasteiger partial charge < -0.3 is 19.9 Å². The summed E-state index contributed by atoms with van der Waals surface area (Å²) in [4.78, 5) is 36.0. The highest BCUT2D eigenvalue weighted by Crippen LogP contribution is 2.30. The molecule has 0 saturated carbocycles. The molecule has 2 aliphatic heterocycles. The molecule has 0 spiro atoms. The van der Waals surface area contributed by atoms with Gasteiger partial charge in [-0.3, -0.25) is 14.3 Å². The molecule has 6 rings (SSSR count). The topological polar surface area (TPSA) is 120 Å². The number of anilines is 1. The molecule has 3 aromatic heterocycles. The third-order valence-corrected chi connectivity index (χ3v) is 8.10. The van der Waals surface area contributed by atoms with Crippen LogP contribution in [0.1, 0.15) is 31.4 Å². The van der Waals surface area contributed by atoms with Crippen LogP contribution in [0.2, 0.25) is 0 Å². The second-order valence-corrected chi connectivity index (χ2v) is 10.5. The van der Waals surface area contributed by atoms with Crippen LogP contribution < -0.4 is 10.6 Å². The summed E-state index contributed by atoms with van der Waals surface area (Å²) in [5, 5.41) is 0. The zero-order valence-corrected chi connectivity index (χ0v) is 22.3. The predicted octanol–water partition coefficient (Wildman–Crippen LogP) is 1.98. The summed E-state index contributed by atoms with van der Waals surface area (Å²) in [7, 11) is 2.05. The lowest BCUT2D eigenvalue weighted by Crippen LogP contribution is -2.46. The van der Waals surface area contributed by atoms with Crippen LogP contribution in [-0.2, 0) is 23.0 Å². The second-order valence-electron chi connectivity index (χ2n) is 10.5. The molecular weight excluding hydrogens is 482 g/mol. The van der Waals surface area contributed by atoms with E-state index in [-0.39, 0.29) is 11.9 Å². The first-order chi connectivity index (χ1) is 18.4. The highest BCUT2D eigenvalue weighted by atomic mass is 16.5. The number of morpholine rings is 1. The van der Waals surface area contributed by atoms with Crippen molar-refractivity contribution >= 4 is 33.9 Å². The fourth-order valence-corrected chi connectivity index (χ4v) is 5.74. The van der Waals surface area contributed by atoms with Gasteiger partial charge in [-0.15, -0.1) is 0 Å². The number of para-hydroxylation sites is 2. The lowest BCUT2D eigenvalue weighted by molar-refractivity contribution is -0.123. The van der Waals surface area contributed by atoms with Gasteiger partial charge in [-0.25, -0.2) is 9.97 Å². The number of carbonyl (C=O) groups is 1. The number of nitrogens with two attached hydrogens (primary N) is 1. The first kappa shape index (κ1) is 24.7. The molecule has 0 aliphatic carbocycles. The Morgan fingerprint density at radius 1 is 1.08 bits per heavy atom. The van der Waals surface area contributed by atoms with Crippen LogP contribution in [0, 0.1) is 12.8 Å². The molecule has 38 heavy (non-hydrogen) atoms. The normalized spacial score (nSPS) is 18.4. The van der Waals surface area contributed by atoms with Crippen LogP contribution >= 0.6 is 0 Å². The lowest BCUT2D eigenvalue weighted by Gasteiger charge is -2.34. The number of carbonyl (C=O) groups excluding carboxylic acids is 1. The number of aryl methyl sites for hydroxylation is 2. The highest BCUT2D eigenvalue weighted by Gasteiger charge is 2.28. The number of hydrogen-bond acceptors (Lipinski definition) is 8. The maximum Gasteiger partial charge on any atom is 0.239 e. The van der Waals surface area contributed by atoms with Crippen LogP contribution in [0.25, 0.3) is 28.1 Å². The molecule has 4 aromatic rings. The first-order valence-electron chi connectivity index (χ1n) is 13.4. The second kappa shape index (κ2) is 9.95. The highest BCUT2D eigenvalue weighted by molar-refractivity contribution is 5.86. The number of primary amides is 1. The molecule has 2 fully saturated rings. The number of hydrogen-bond donors (Lipinski definition) is 1. The molecule has 2 saturated heterocycles. The average molecular weight is 518 g/mol. The molecule has 11 nitrogen and oxygen atoms in total. The zero-order valence-electron chi connectivity index (χ0n) is 22.3. The van der Waals surface area contributed by atoms with E-state index in [1.807, 2.05) is 43.7 Å². The Hall–Kier alpha value is -3.57. The standard InChI is InChI=1S/C27H35N9O2/c1-17(24(28)37)34-10-8-19(9-11-34)16-22-30-23-25(33(22)3)31-27(32-26(23)35-12-14-38-15-13-35)36-18(2)29-20-6-4-5-7-21(20)36/h4-7,17,19H,8-16H2,1-3H3,(H2,28,37)/t17-/m1/s1. The van der Waals surface area contributed by atoms with Crippen molar-refractivity contribution in [3.05, 3.63) is 35.9 Å². The minimum atomic E-state index is -0.260. The maximum absolute atomic E-state index is 11.6. The van der Waals surface area contributed by atoms with E-state index in [1.54, 1.807) is 0 Å². The van der Waals surface area contributed by atoms with Gasteiger partial charge >= 0.3 is 0 Å². The number of piperidine rings is 1. The summed E-state index contributed by atoms with van der Waals surface area (Å²) >= 11 is 0. The number of imidazole rings is 2. The van der Waals surface area contributed by atoms with Crippen molar-refractivity contribution in [2.75, 3.05) is 44.3 Å². The lowest BCUT2D eigenvalue weighted by atomic mass is 9.92. The number of amides is 1. The Morgan fingerprint density at radius 3 is 2.55 bits per heavy atom. The van der Waals surface area contributed by atoms with Crippen molar-refractivity contribution < 1.29 is 9.53 Å². The van der Waals surface area contributed by atoms with E-state index < -0.39 is 0 Å². The smallest absolute Gasteiger partial charge is 0.239 e. The summed E-state index contributed by atoms with van der Waals surface area (Å²) in [6.45, 7) is 8.47. The molecule has 5 heterocycles. The summed E-state index contributed by atoms with van der Waals surface area (Å²) in [6, 6.07) is 7.85. The summed E-state index contributed by atoms with van der Waals surface area (Å²) in [5.41, 5.74) is 9.08. The van der Waals surface area contributed by atoms with E-state index in [0.29, 0.717) is 25.1 Å². The number of aromatic nitrogens is 6. The molecule has 0 bridgehead atoms.